The minimum atomic E-state index is -10.7. The number of aryl methyl sites for hydroxylation is 1. The first kappa shape index (κ1) is 26.4. The van der Waals surface area contributed by atoms with E-state index in [4.69, 9.17) is 4.74 Å². The molecule has 0 aliphatic heterocycles. The minimum absolute atomic E-state index is 0.0130. The predicted molar refractivity (Wildman–Crippen MR) is 110 cm³/mol. The molecule has 0 fully saturated rings. The van der Waals surface area contributed by atoms with Crippen LogP contribution in [0.2, 0.25) is 0 Å². The number of rotatable bonds is 8. The summed E-state index contributed by atoms with van der Waals surface area (Å²) in [5.74, 6) is 0.789. The van der Waals surface area contributed by atoms with Gasteiger partial charge in [-0.1, -0.05) is 18.7 Å². The SMILES string of the molecule is C=Cc1cc(NC(=O)CCC[n+]2ccccc2)ccc1OC(C)C.F[P-](F)(F)(F)(F)F. The molecule has 0 saturated heterocycles. The molecule has 174 valence electrons. The molecule has 31 heavy (non-hydrogen) atoms. The molecule has 1 aromatic heterocycles. The van der Waals surface area contributed by atoms with Crippen LogP contribution >= 0.6 is 7.81 Å². The number of pyridine rings is 1. The van der Waals surface area contributed by atoms with Crippen LogP contribution < -0.4 is 14.6 Å². The van der Waals surface area contributed by atoms with E-state index in [1.807, 2.05) is 62.6 Å². The molecule has 0 spiro atoms. The molecule has 0 radical (unpaired) electrons. The maximum atomic E-state index is 12.1. The summed E-state index contributed by atoms with van der Waals surface area (Å²) in [5.41, 5.74) is 1.64. The second kappa shape index (κ2) is 9.68. The number of halogens is 6. The molecule has 2 aromatic rings. The zero-order chi connectivity index (χ0) is 23.8. The van der Waals surface area contributed by atoms with Gasteiger partial charge in [-0.2, -0.15) is 0 Å². The third kappa shape index (κ3) is 14.9. The number of hydrogen-bond acceptors (Lipinski definition) is 2. The Bertz CT molecular complexity index is 877. The molecule has 1 aromatic carbocycles. The van der Waals surface area contributed by atoms with Gasteiger partial charge < -0.3 is 10.1 Å². The zero-order valence-electron chi connectivity index (χ0n) is 17.1. The molecule has 0 atom stereocenters. The van der Waals surface area contributed by atoms with Crippen molar-refractivity contribution in [2.24, 2.45) is 0 Å². The van der Waals surface area contributed by atoms with Crippen LogP contribution in [0, 0.1) is 0 Å². The van der Waals surface area contributed by atoms with Gasteiger partial charge in [0.2, 0.25) is 5.91 Å². The Kier molecular flexibility index (Phi) is 8.25. The first-order valence-electron chi connectivity index (χ1n) is 9.27. The van der Waals surface area contributed by atoms with E-state index in [1.165, 1.54) is 0 Å². The van der Waals surface area contributed by atoms with E-state index >= 15 is 0 Å². The molecule has 2 rings (SSSR count). The summed E-state index contributed by atoms with van der Waals surface area (Å²) in [7, 11) is -10.7. The van der Waals surface area contributed by atoms with Gasteiger partial charge in [0, 0.05) is 36.2 Å². The van der Waals surface area contributed by atoms with Crippen LogP contribution in [0.1, 0.15) is 32.3 Å². The van der Waals surface area contributed by atoms with Crippen molar-refractivity contribution < 1.29 is 39.3 Å². The van der Waals surface area contributed by atoms with Crippen molar-refractivity contribution in [3.05, 3.63) is 60.9 Å². The Labute approximate surface area is 176 Å². The fraction of sp³-hybridized carbons (Fsp3) is 0.300. The van der Waals surface area contributed by atoms with Gasteiger partial charge in [0.1, 0.15) is 12.3 Å². The summed E-state index contributed by atoms with van der Waals surface area (Å²) < 4.78 is 67.0. The number of nitrogens with zero attached hydrogens (tertiary/aromatic N) is 1. The number of hydrogen-bond donors (Lipinski definition) is 1. The summed E-state index contributed by atoms with van der Waals surface area (Å²) in [4.78, 5) is 12.1. The third-order valence-electron chi connectivity index (χ3n) is 3.47. The molecule has 0 aliphatic carbocycles. The Balaban J connectivity index is 0.000000592. The molecule has 1 N–H and O–H groups in total. The number of amides is 1. The summed E-state index contributed by atoms with van der Waals surface area (Å²) >= 11 is 0. The Morgan fingerprint density at radius 1 is 1.13 bits per heavy atom. The Morgan fingerprint density at radius 3 is 2.23 bits per heavy atom. The number of anilines is 1. The van der Waals surface area contributed by atoms with Gasteiger partial charge in [0.15, 0.2) is 12.4 Å². The van der Waals surface area contributed by atoms with Crippen molar-refractivity contribution in [2.75, 3.05) is 5.32 Å². The molecule has 0 saturated carbocycles. The average molecular weight is 470 g/mol. The molecule has 0 aliphatic rings. The summed E-state index contributed by atoms with van der Waals surface area (Å²) in [6.45, 7) is 8.59. The van der Waals surface area contributed by atoms with Crippen LogP contribution in [-0.2, 0) is 11.3 Å². The number of carbonyl (C=O) groups is 1. The molecular formula is C20H25F6N2O2P. The molecular weight excluding hydrogens is 445 g/mol. The van der Waals surface area contributed by atoms with Crippen LogP contribution in [0.15, 0.2) is 55.4 Å². The van der Waals surface area contributed by atoms with E-state index in [-0.39, 0.29) is 12.0 Å². The van der Waals surface area contributed by atoms with Gasteiger partial charge in [-0.05, 0) is 32.0 Å². The fourth-order valence-corrected chi connectivity index (χ4v) is 2.38. The predicted octanol–water partition coefficient (Wildman–Crippen LogP) is 7.21. The normalized spacial score (nSPS) is 13.3. The van der Waals surface area contributed by atoms with Crippen molar-refractivity contribution in [3.63, 3.8) is 0 Å². The molecule has 1 heterocycles. The molecule has 0 unspecified atom stereocenters. The number of nitrogens with one attached hydrogen (secondary N) is 1. The Morgan fingerprint density at radius 2 is 1.71 bits per heavy atom. The molecule has 11 heteroatoms. The van der Waals surface area contributed by atoms with Crippen LogP contribution in [-0.4, -0.2) is 12.0 Å². The van der Waals surface area contributed by atoms with E-state index in [0.29, 0.717) is 6.42 Å². The monoisotopic (exact) mass is 470 g/mol. The summed E-state index contributed by atoms with van der Waals surface area (Å²) in [5, 5.41) is 2.93. The van der Waals surface area contributed by atoms with Crippen LogP contribution in [0.25, 0.3) is 6.08 Å². The maximum absolute atomic E-state index is 12.1. The number of ether oxygens (including phenoxy) is 1. The van der Waals surface area contributed by atoms with Gasteiger partial charge in [0.05, 0.1) is 6.10 Å². The van der Waals surface area contributed by atoms with Gasteiger partial charge in [0.25, 0.3) is 0 Å². The molecule has 0 bridgehead atoms. The second-order valence-electron chi connectivity index (χ2n) is 6.85. The van der Waals surface area contributed by atoms with E-state index in [2.05, 4.69) is 16.5 Å². The Hall–Kier alpha value is -2.61. The van der Waals surface area contributed by atoms with Crippen molar-refractivity contribution in [1.82, 2.24) is 0 Å². The van der Waals surface area contributed by atoms with Crippen LogP contribution in [0.3, 0.4) is 0 Å². The topological polar surface area (TPSA) is 42.2 Å². The molecule has 4 nitrogen and oxygen atoms in total. The van der Waals surface area contributed by atoms with Crippen molar-refractivity contribution in [1.29, 1.82) is 0 Å². The van der Waals surface area contributed by atoms with Gasteiger partial charge in [-0.15, -0.1) is 0 Å². The zero-order valence-corrected chi connectivity index (χ0v) is 18.0. The second-order valence-corrected chi connectivity index (χ2v) is 8.76. The third-order valence-corrected chi connectivity index (χ3v) is 3.47. The van der Waals surface area contributed by atoms with Crippen molar-refractivity contribution in [3.8, 4) is 5.75 Å². The van der Waals surface area contributed by atoms with E-state index < -0.39 is 7.81 Å². The van der Waals surface area contributed by atoms with Gasteiger partial charge >= 0.3 is 33.0 Å². The van der Waals surface area contributed by atoms with E-state index in [1.54, 1.807) is 6.08 Å². The fourth-order valence-electron chi connectivity index (χ4n) is 2.38. The standard InChI is InChI=1S/C20H24N2O2.F6P/c1-4-17-15-18(10-11-19(17)24-16(2)3)21-20(23)9-8-14-22-12-6-5-7-13-22;1-7(2,3,4,5)6/h4-7,10-13,15-16H,1,8-9,14H2,2-3H3;/q;-1/p+1. The first-order chi connectivity index (χ1) is 14.0. The van der Waals surface area contributed by atoms with Crippen LogP contribution in [0.4, 0.5) is 30.9 Å². The van der Waals surface area contributed by atoms with Gasteiger partial charge in [-0.3, -0.25) is 4.79 Å². The molecule has 1 amide bonds. The number of carbonyl (C=O) groups excluding carboxylic acids is 1. The number of aromatic nitrogens is 1. The number of benzene rings is 1. The van der Waals surface area contributed by atoms with E-state index in [9.17, 15) is 30.0 Å². The quantitative estimate of drug-likeness (QED) is 0.252. The summed E-state index contributed by atoms with van der Waals surface area (Å²) in [6, 6.07) is 11.6. The van der Waals surface area contributed by atoms with Gasteiger partial charge in [-0.25, -0.2) is 4.57 Å². The summed E-state index contributed by atoms with van der Waals surface area (Å²) in [6.07, 6.45) is 7.11. The van der Waals surface area contributed by atoms with Crippen molar-refractivity contribution >= 4 is 25.5 Å². The average Bonchev–Trinajstić information content (AvgIpc) is 2.61. The first-order valence-corrected chi connectivity index (χ1v) is 11.3. The van der Waals surface area contributed by atoms with Crippen molar-refractivity contribution in [2.45, 2.75) is 39.3 Å². The van der Waals surface area contributed by atoms with Crippen LogP contribution in [0.5, 0.6) is 5.75 Å². The van der Waals surface area contributed by atoms with E-state index in [0.717, 1.165) is 30.0 Å².